The van der Waals surface area contributed by atoms with Crippen molar-refractivity contribution in [3.8, 4) is 6.07 Å². The minimum absolute atomic E-state index is 0.141. The van der Waals surface area contributed by atoms with Crippen molar-refractivity contribution in [2.24, 2.45) is 0 Å². The number of hydrogen-bond acceptors (Lipinski definition) is 4. The number of amides is 1. The molecule has 22 heavy (non-hydrogen) atoms. The van der Waals surface area contributed by atoms with E-state index >= 15 is 0 Å². The van der Waals surface area contributed by atoms with Gasteiger partial charge >= 0.3 is 0 Å². The molecular formula is C16H18N4OS. The van der Waals surface area contributed by atoms with Crippen LogP contribution in [0.4, 0.5) is 5.00 Å². The zero-order chi connectivity index (χ0) is 15.7. The molecule has 1 atom stereocenters. The van der Waals surface area contributed by atoms with Crippen molar-refractivity contribution in [2.75, 3.05) is 5.32 Å². The van der Waals surface area contributed by atoms with Crippen LogP contribution in [0.1, 0.15) is 47.5 Å². The van der Waals surface area contributed by atoms with Crippen molar-refractivity contribution in [3.05, 3.63) is 34.0 Å². The number of anilines is 1. The maximum atomic E-state index is 12.4. The Labute approximate surface area is 133 Å². The van der Waals surface area contributed by atoms with Gasteiger partial charge in [0.2, 0.25) is 5.91 Å². The number of nitrogens with zero attached hydrogens (tertiary/aromatic N) is 3. The second kappa shape index (κ2) is 5.93. The molecule has 0 radical (unpaired) electrons. The lowest BCUT2D eigenvalue weighted by molar-refractivity contribution is -0.119. The summed E-state index contributed by atoms with van der Waals surface area (Å²) in [5.41, 5.74) is 2.66. The molecule has 0 spiro atoms. The monoisotopic (exact) mass is 314 g/mol. The molecule has 2 heterocycles. The molecule has 1 aliphatic rings. The summed E-state index contributed by atoms with van der Waals surface area (Å²) in [5.74, 6) is -0.141. The molecule has 0 saturated carbocycles. The highest BCUT2D eigenvalue weighted by Crippen LogP contribution is 2.37. The van der Waals surface area contributed by atoms with Crippen LogP contribution in [0.5, 0.6) is 0 Å². The number of carbonyl (C=O) groups excluding carboxylic acids is 1. The van der Waals surface area contributed by atoms with E-state index in [-0.39, 0.29) is 5.91 Å². The largest absolute Gasteiger partial charge is 0.315 e. The second-order valence-electron chi connectivity index (χ2n) is 5.63. The van der Waals surface area contributed by atoms with Gasteiger partial charge in [0, 0.05) is 11.1 Å². The first kappa shape index (κ1) is 14.8. The number of rotatable bonds is 3. The van der Waals surface area contributed by atoms with Crippen LogP contribution in [0.15, 0.2) is 12.3 Å². The van der Waals surface area contributed by atoms with Crippen LogP contribution in [-0.4, -0.2) is 15.7 Å². The van der Waals surface area contributed by atoms with Gasteiger partial charge in [0.05, 0.1) is 11.3 Å². The Morgan fingerprint density at radius 2 is 2.27 bits per heavy atom. The SMILES string of the molecule is Cc1ccn(C(C)C(=O)Nc2sc3c(c2C#N)CCCC3)n1. The quantitative estimate of drug-likeness (QED) is 0.945. The van der Waals surface area contributed by atoms with E-state index in [0.717, 1.165) is 36.9 Å². The van der Waals surface area contributed by atoms with Gasteiger partial charge in [-0.3, -0.25) is 9.48 Å². The third-order valence-corrected chi connectivity index (χ3v) is 5.25. The average molecular weight is 314 g/mol. The summed E-state index contributed by atoms with van der Waals surface area (Å²) < 4.78 is 1.64. The van der Waals surface area contributed by atoms with Crippen molar-refractivity contribution in [2.45, 2.75) is 45.6 Å². The number of carbonyl (C=O) groups is 1. The van der Waals surface area contributed by atoms with E-state index in [1.54, 1.807) is 29.1 Å². The van der Waals surface area contributed by atoms with Crippen molar-refractivity contribution in [1.82, 2.24) is 9.78 Å². The summed E-state index contributed by atoms with van der Waals surface area (Å²) in [4.78, 5) is 13.7. The summed E-state index contributed by atoms with van der Waals surface area (Å²) >= 11 is 1.55. The number of aryl methyl sites for hydroxylation is 2. The van der Waals surface area contributed by atoms with Crippen LogP contribution >= 0.6 is 11.3 Å². The van der Waals surface area contributed by atoms with Gasteiger partial charge in [-0.25, -0.2) is 0 Å². The molecule has 0 aromatic carbocycles. The second-order valence-corrected chi connectivity index (χ2v) is 6.73. The van der Waals surface area contributed by atoms with Gasteiger partial charge in [-0.2, -0.15) is 10.4 Å². The lowest BCUT2D eigenvalue weighted by Gasteiger charge is -2.12. The molecule has 1 unspecified atom stereocenters. The first-order valence-electron chi connectivity index (χ1n) is 7.47. The maximum Gasteiger partial charge on any atom is 0.249 e. The lowest BCUT2D eigenvalue weighted by atomic mass is 9.96. The van der Waals surface area contributed by atoms with Gasteiger partial charge in [0.15, 0.2) is 0 Å². The van der Waals surface area contributed by atoms with Gasteiger partial charge < -0.3 is 5.32 Å². The summed E-state index contributed by atoms with van der Waals surface area (Å²) in [6.07, 6.45) is 6.03. The van der Waals surface area contributed by atoms with Crippen molar-refractivity contribution in [1.29, 1.82) is 5.26 Å². The fourth-order valence-corrected chi connectivity index (χ4v) is 4.00. The van der Waals surface area contributed by atoms with Crippen LogP contribution in [0, 0.1) is 18.3 Å². The number of nitrogens with one attached hydrogen (secondary N) is 1. The fraction of sp³-hybridized carbons (Fsp3) is 0.438. The number of aromatic nitrogens is 2. The van der Waals surface area contributed by atoms with E-state index in [4.69, 9.17) is 0 Å². The Kier molecular flexibility index (Phi) is 3.99. The Hall–Kier alpha value is -2.13. The van der Waals surface area contributed by atoms with Gasteiger partial charge in [-0.15, -0.1) is 11.3 Å². The molecule has 1 aliphatic carbocycles. The van der Waals surface area contributed by atoms with Gasteiger partial charge in [-0.1, -0.05) is 0 Å². The van der Waals surface area contributed by atoms with E-state index in [1.807, 2.05) is 13.0 Å². The molecule has 2 aromatic rings. The maximum absolute atomic E-state index is 12.4. The van der Waals surface area contributed by atoms with Crippen LogP contribution in [-0.2, 0) is 17.6 Å². The topological polar surface area (TPSA) is 70.7 Å². The Balaban J connectivity index is 1.82. The molecule has 114 valence electrons. The summed E-state index contributed by atoms with van der Waals surface area (Å²) in [7, 11) is 0. The third kappa shape index (κ3) is 2.64. The molecular weight excluding hydrogens is 296 g/mol. The minimum Gasteiger partial charge on any atom is -0.315 e. The van der Waals surface area contributed by atoms with E-state index in [0.29, 0.717) is 10.6 Å². The molecule has 0 saturated heterocycles. The summed E-state index contributed by atoms with van der Waals surface area (Å²) in [5, 5.41) is 17.3. The number of fused-ring (bicyclic) bond motifs is 1. The molecule has 3 rings (SSSR count). The Bertz CT molecular complexity index is 753. The predicted octanol–water partition coefficient (Wildman–Crippen LogP) is 3.20. The number of hydrogen-bond donors (Lipinski definition) is 1. The van der Waals surface area contributed by atoms with E-state index in [2.05, 4.69) is 16.5 Å². The molecule has 1 N–H and O–H groups in total. The molecule has 6 heteroatoms. The molecule has 5 nitrogen and oxygen atoms in total. The zero-order valence-corrected chi connectivity index (χ0v) is 13.5. The summed E-state index contributed by atoms with van der Waals surface area (Å²) in [6, 6.07) is 3.73. The van der Waals surface area contributed by atoms with Crippen LogP contribution in [0.2, 0.25) is 0 Å². The van der Waals surface area contributed by atoms with Crippen LogP contribution in [0.3, 0.4) is 0 Å². The molecule has 2 aromatic heterocycles. The fourth-order valence-electron chi connectivity index (χ4n) is 2.76. The van der Waals surface area contributed by atoms with E-state index < -0.39 is 6.04 Å². The zero-order valence-electron chi connectivity index (χ0n) is 12.7. The van der Waals surface area contributed by atoms with Gasteiger partial charge in [0.25, 0.3) is 0 Å². The van der Waals surface area contributed by atoms with Crippen LogP contribution in [0.25, 0.3) is 0 Å². The first-order valence-corrected chi connectivity index (χ1v) is 8.29. The molecule has 0 fully saturated rings. The Morgan fingerprint density at radius 3 is 2.95 bits per heavy atom. The highest BCUT2D eigenvalue weighted by atomic mass is 32.1. The minimum atomic E-state index is -0.403. The molecule has 1 amide bonds. The lowest BCUT2D eigenvalue weighted by Crippen LogP contribution is -2.24. The van der Waals surface area contributed by atoms with Gasteiger partial charge in [-0.05, 0) is 51.2 Å². The highest BCUT2D eigenvalue weighted by Gasteiger charge is 2.23. The highest BCUT2D eigenvalue weighted by molar-refractivity contribution is 7.16. The normalized spacial score (nSPS) is 15.0. The van der Waals surface area contributed by atoms with Crippen molar-refractivity contribution < 1.29 is 4.79 Å². The Morgan fingerprint density at radius 1 is 1.50 bits per heavy atom. The number of thiophene rings is 1. The summed E-state index contributed by atoms with van der Waals surface area (Å²) in [6.45, 7) is 3.70. The van der Waals surface area contributed by atoms with E-state index in [1.165, 1.54) is 4.88 Å². The van der Waals surface area contributed by atoms with Crippen LogP contribution < -0.4 is 5.32 Å². The predicted molar refractivity (Wildman–Crippen MR) is 86.0 cm³/mol. The third-order valence-electron chi connectivity index (χ3n) is 4.04. The van der Waals surface area contributed by atoms with Crippen molar-refractivity contribution >= 4 is 22.2 Å². The average Bonchev–Trinajstić information content (AvgIpc) is 3.09. The molecule has 0 aliphatic heterocycles. The van der Waals surface area contributed by atoms with E-state index in [9.17, 15) is 10.1 Å². The van der Waals surface area contributed by atoms with Gasteiger partial charge in [0.1, 0.15) is 17.1 Å². The first-order chi connectivity index (χ1) is 10.6. The number of nitriles is 1. The molecule has 0 bridgehead atoms. The van der Waals surface area contributed by atoms with Crippen molar-refractivity contribution in [3.63, 3.8) is 0 Å². The smallest absolute Gasteiger partial charge is 0.249 e. The standard InChI is InChI=1S/C16H18N4OS/c1-10-7-8-20(19-10)11(2)15(21)18-16-13(9-17)12-5-3-4-6-14(12)22-16/h7-8,11H,3-6H2,1-2H3,(H,18,21).